The number of rotatable bonds is 2. The van der Waals surface area contributed by atoms with Crippen LogP contribution < -0.4 is 4.74 Å². The van der Waals surface area contributed by atoms with Crippen molar-refractivity contribution in [3.63, 3.8) is 0 Å². The maximum Gasteiger partial charge on any atom is 0.307 e. The van der Waals surface area contributed by atoms with Crippen molar-refractivity contribution in [1.29, 1.82) is 0 Å². The van der Waals surface area contributed by atoms with Crippen LogP contribution in [0.1, 0.15) is 24.0 Å². The average Bonchev–Trinajstić information content (AvgIpc) is 3.02. The smallest absolute Gasteiger partial charge is 0.307 e. The Balaban J connectivity index is 1.93. The molecule has 1 fully saturated rings. The summed E-state index contributed by atoms with van der Waals surface area (Å²) in [6.45, 7) is 0. The summed E-state index contributed by atoms with van der Waals surface area (Å²) in [5.41, 5.74) is 2.57. The van der Waals surface area contributed by atoms with Gasteiger partial charge in [0.15, 0.2) is 0 Å². The summed E-state index contributed by atoms with van der Waals surface area (Å²) in [5.74, 6) is 0.140. The van der Waals surface area contributed by atoms with Crippen LogP contribution in [0.15, 0.2) is 18.2 Å². The molecular formula is C14H16O3. The maximum absolute atomic E-state index is 11.1. The van der Waals surface area contributed by atoms with Crippen LogP contribution in [0.3, 0.4) is 0 Å². The molecule has 1 saturated carbocycles. The number of aliphatic carboxylic acids is 1. The molecule has 90 valence electrons. The van der Waals surface area contributed by atoms with Crippen molar-refractivity contribution in [2.75, 3.05) is 7.11 Å². The molecule has 0 bridgehead atoms. The number of aryl methyl sites for hydroxylation is 1. The van der Waals surface area contributed by atoms with Crippen LogP contribution in [-0.4, -0.2) is 18.2 Å². The van der Waals surface area contributed by atoms with E-state index < -0.39 is 5.97 Å². The summed E-state index contributed by atoms with van der Waals surface area (Å²) in [5, 5.41) is 9.11. The van der Waals surface area contributed by atoms with E-state index in [4.69, 9.17) is 9.84 Å². The van der Waals surface area contributed by atoms with Crippen LogP contribution in [-0.2, 0) is 17.6 Å². The summed E-state index contributed by atoms with van der Waals surface area (Å²) in [7, 11) is 1.68. The minimum absolute atomic E-state index is 0.0213. The molecule has 0 amide bonds. The number of hydrogen-bond donors (Lipinski definition) is 1. The Bertz CT molecular complexity index is 466. The molecule has 0 aromatic heterocycles. The van der Waals surface area contributed by atoms with Crippen LogP contribution in [0, 0.1) is 11.3 Å². The van der Waals surface area contributed by atoms with Crippen LogP contribution >= 0.6 is 0 Å². The predicted octanol–water partition coefficient (Wildman–Crippen LogP) is 2.27. The van der Waals surface area contributed by atoms with Gasteiger partial charge in [0.1, 0.15) is 5.75 Å². The van der Waals surface area contributed by atoms with Gasteiger partial charge in [0.25, 0.3) is 0 Å². The first-order valence-corrected chi connectivity index (χ1v) is 6.04. The molecule has 1 aromatic carbocycles. The van der Waals surface area contributed by atoms with Crippen molar-refractivity contribution in [3.8, 4) is 5.75 Å². The fourth-order valence-electron chi connectivity index (χ4n) is 3.23. The normalized spacial score (nSPS) is 29.8. The van der Waals surface area contributed by atoms with E-state index in [1.54, 1.807) is 7.11 Å². The minimum atomic E-state index is -0.636. The van der Waals surface area contributed by atoms with Gasteiger partial charge in [-0.3, -0.25) is 4.79 Å². The second-order valence-electron chi connectivity index (χ2n) is 5.23. The molecule has 0 radical (unpaired) electrons. The van der Waals surface area contributed by atoms with Gasteiger partial charge in [-0.15, -0.1) is 0 Å². The summed E-state index contributed by atoms with van der Waals surface area (Å²) in [6, 6.07) is 6.11. The zero-order valence-corrected chi connectivity index (χ0v) is 9.90. The molecule has 0 saturated heterocycles. The summed E-state index contributed by atoms with van der Waals surface area (Å²) in [4.78, 5) is 11.1. The lowest BCUT2D eigenvalue weighted by atomic mass is 9.79. The Labute approximate surface area is 100 Å². The molecule has 2 unspecified atom stereocenters. The van der Waals surface area contributed by atoms with Crippen molar-refractivity contribution in [3.05, 3.63) is 29.3 Å². The summed E-state index contributed by atoms with van der Waals surface area (Å²) < 4.78 is 5.38. The molecule has 1 aromatic rings. The number of hydrogen-bond acceptors (Lipinski definition) is 2. The number of benzene rings is 1. The molecule has 1 spiro atoms. The minimum Gasteiger partial charge on any atom is -0.496 e. The van der Waals surface area contributed by atoms with Gasteiger partial charge < -0.3 is 9.84 Å². The van der Waals surface area contributed by atoms with Gasteiger partial charge in [0.2, 0.25) is 0 Å². The van der Waals surface area contributed by atoms with Gasteiger partial charge >= 0.3 is 5.97 Å². The predicted molar refractivity (Wildman–Crippen MR) is 63.2 cm³/mol. The molecule has 3 heteroatoms. The highest BCUT2D eigenvalue weighted by Gasteiger charge is 2.59. The van der Waals surface area contributed by atoms with Gasteiger partial charge in [-0.2, -0.15) is 0 Å². The quantitative estimate of drug-likeness (QED) is 0.850. The van der Waals surface area contributed by atoms with Crippen LogP contribution in [0.5, 0.6) is 5.75 Å². The Morgan fingerprint density at radius 2 is 2.35 bits per heavy atom. The number of carboxylic acid groups (broad SMARTS) is 1. The third-order valence-electron chi connectivity index (χ3n) is 4.36. The van der Waals surface area contributed by atoms with Crippen LogP contribution in [0.25, 0.3) is 0 Å². The number of ether oxygens (including phenoxy) is 1. The number of methoxy groups -OCH3 is 1. The number of fused-ring (bicyclic) bond motifs is 1. The Morgan fingerprint density at radius 1 is 1.53 bits per heavy atom. The summed E-state index contributed by atoms with van der Waals surface area (Å²) in [6.07, 6.45) is 3.68. The number of carboxylic acids is 1. The first-order valence-electron chi connectivity index (χ1n) is 6.04. The van der Waals surface area contributed by atoms with Crippen molar-refractivity contribution in [2.45, 2.75) is 25.7 Å². The molecule has 0 heterocycles. The molecule has 2 aliphatic carbocycles. The first kappa shape index (κ1) is 10.6. The molecule has 0 aliphatic heterocycles. The van der Waals surface area contributed by atoms with Gasteiger partial charge in [-0.05, 0) is 48.3 Å². The van der Waals surface area contributed by atoms with E-state index in [-0.39, 0.29) is 11.3 Å². The Kier molecular flexibility index (Phi) is 2.18. The monoisotopic (exact) mass is 232 g/mol. The molecule has 3 rings (SSSR count). The average molecular weight is 232 g/mol. The zero-order chi connectivity index (χ0) is 12.0. The van der Waals surface area contributed by atoms with E-state index in [1.165, 1.54) is 11.1 Å². The molecule has 2 aliphatic rings. The van der Waals surface area contributed by atoms with E-state index in [9.17, 15) is 4.79 Å². The highest BCUT2D eigenvalue weighted by molar-refractivity contribution is 5.75. The first-order chi connectivity index (χ1) is 8.16. The molecule has 17 heavy (non-hydrogen) atoms. The molecule has 3 nitrogen and oxygen atoms in total. The maximum atomic E-state index is 11.1. The fraction of sp³-hybridized carbons (Fsp3) is 0.500. The van der Waals surface area contributed by atoms with E-state index in [1.807, 2.05) is 12.1 Å². The van der Waals surface area contributed by atoms with Crippen molar-refractivity contribution in [2.24, 2.45) is 11.3 Å². The van der Waals surface area contributed by atoms with Crippen molar-refractivity contribution < 1.29 is 14.6 Å². The van der Waals surface area contributed by atoms with Gasteiger partial charge in [-0.25, -0.2) is 0 Å². The SMILES string of the molecule is COc1cccc2c1CC1(CC2)CC1C(=O)O. The lowest BCUT2D eigenvalue weighted by Crippen LogP contribution is -2.20. The third-order valence-corrected chi connectivity index (χ3v) is 4.36. The third kappa shape index (κ3) is 1.53. The largest absolute Gasteiger partial charge is 0.496 e. The second kappa shape index (κ2) is 3.49. The topological polar surface area (TPSA) is 46.5 Å². The van der Waals surface area contributed by atoms with E-state index >= 15 is 0 Å². The highest BCUT2D eigenvalue weighted by Crippen LogP contribution is 2.60. The lowest BCUT2D eigenvalue weighted by molar-refractivity contribution is -0.139. The zero-order valence-electron chi connectivity index (χ0n) is 9.90. The van der Waals surface area contributed by atoms with Gasteiger partial charge in [-0.1, -0.05) is 12.1 Å². The molecule has 2 atom stereocenters. The van der Waals surface area contributed by atoms with Crippen molar-refractivity contribution in [1.82, 2.24) is 0 Å². The second-order valence-corrected chi connectivity index (χ2v) is 5.23. The summed E-state index contributed by atoms with van der Waals surface area (Å²) >= 11 is 0. The molecule has 1 N–H and O–H groups in total. The standard InChI is InChI=1S/C14H16O3/c1-17-12-4-2-3-9-5-6-14(7-10(9)12)8-11(14)13(15)16/h2-4,11H,5-8H2,1H3,(H,15,16). The van der Waals surface area contributed by atoms with Crippen LogP contribution in [0.4, 0.5) is 0 Å². The van der Waals surface area contributed by atoms with E-state index in [2.05, 4.69) is 6.07 Å². The van der Waals surface area contributed by atoms with E-state index in [0.29, 0.717) is 0 Å². The Hall–Kier alpha value is -1.51. The highest BCUT2D eigenvalue weighted by atomic mass is 16.5. The van der Waals surface area contributed by atoms with Gasteiger partial charge in [0, 0.05) is 0 Å². The Morgan fingerprint density at radius 3 is 3.00 bits per heavy atom. The fourth-order valence-corrected chi connectivity index (χ4v) is 3.23. The van der Waals surface area contributed by atoms with Gasteiger partial charge in [0.05, 0.1) is 13.0 Å². The molecular weight excluding hydrogens is 216 g/mol. The number of carbonyl (C=O) groups is 1. The lowest BCUT2D eigenvalue weighted by Gasteiger charge is -2.26. The van der Waals surface area contributed by atoms with Crippen molar-refractivity contribution >= 4 is 5.97 Å². The van der Waals surface area contributed by atoms with E-state index in [0.717, 1.165) is 31.4 Å². The van der Waals surface area contributed by atoms with Crippen LogP contribution in [0.2, 0.25) is 0 Å².